The van der Waals surface area contributed by atoms with Gasteiger partial charge in [-0.2, -0.15) is 10.1 Å². The second kappa shape index (κ2) is 8.05. The van der Waals surface area contributed by atoms with Gasteiger partial charge in [0.1, 0.15) is 17.2 Å². The molecule has 144 valence electrons. The molecule has 1 atom stereocenters. The van der Waals surface area contributed by atoms with E-state index in [2.05, 4.69) is 32.1 Å². The summed E-state index contributed by atoms with van der Waals surface area (Å²) in [6.45, 7) is 4.13. The smallest absolute Gasteiger partial charge is 0.239 e. The third kappa shape index (κ3) is 3.75. The van der Waals surface area contributed by atoms with Crippen LogP contribution in [0, 0.1) is 5.82 Å². The monoisotopic (exact) mass is 398 g/mol. The van der Waals surface area contributed by atoms with Crippen LogP contribution >= 0.6 is 11.8 Å². The maximum atomic E-state index is 13.2. The Balaban J connectivity index is 1.59. The van der Waals surface area contributed by atoms with Crippen molar-refractivity contribution in [1.82, 2.24) is 29.9 Å². The average Bonchev–Trinajstić information content (AvgIpc) is 3.35. The minimum atomic E-state index is -0.294. The van der Waals surface area contributed by atoms with Crippen LogP contribution in [0.1, 0.15) is 43.7 Å². The highest BCUT2D eigenvalue weighted by molar-refractivity contribution is 7.99. The Labute approximate surface area is 165 Å². The lowest BCUT2D eigenvalue weighted by atomic mass is 10.2. The van der Waals surface area contributed by atoms with Crippen molar-refractivity contribution in [1.29, 1.82) is 0 Å². The minimum Gasteiger partial charge on any atom is -0.338 e. The van der Waals surface area contributed by atoms with E-state index in [1.165, 1.54) is 30.2 Å². The van der Waals surface area contributed by atoms with Gasteiger partial charge in [0.25, 0.3) is 0 Å². The lowest BCUT2D eigenvalue weighted by Gasteiger charge is -2.07. The van der Waals surface area contributed by atoms with E-state index in [0.717, 1.165) is 41.2 Å². The topological polar surface area (TPSA) is 82.5 Å². The van der Waals surface area contributed by atoms with Crippen molar-refractivity contribution >= 4 is 22.8 Å². The van der Waals surface area contributed by atoms with Gasteiger partial charge in [-0.1, -0.05) is 30.3 Å². The maximum absolute atomic E-state index is 13.2. The van der Waals surface area contributed by atoms with Crippen molar-refractivity contribution in [3.05, 3.63) is 54.3 Å². The number of hydrogen-bond donors (Lipinski definition) is 0. The van der Waals surface area contributed by atoms with Crippen LogP contribution in [0.5, 0.6) is 0 Å². The summed E-state index contributed by atoms with van der Waals surface area (Å²) in [6, 6.07) is 6.12. The first kappa shape index (κ1) is 18.5. The van der Waals surface area contributed by atoms with Crippen LogP contribution in [0.4, 0.5) is 4.39 Å². The minimum absolute atomic E-state index is 0.0600. The molecule has 0 aliphatic carbocycles. The fourth-order valence-electron chi connectivity index (χ4n) is 2.77. The van der Waals surface area contributed by atoms with Crippen molar-refractivity contribution in [3.8, 4) is 5.69 Å². The summed E-state index contributed by atoms with van der Waals surface area (Å²) >= 11 is 1.51. The molecule has 28 heavy (non-hydrogen) atoms. The number of thioether (sulfide) groups is 1. The maximum Gasteiger partial charge on any atom is 0.239 e. The van der Waals surface area contributed by atoms with E-state index >= 15 is 0 Å². The molecule has 3 aromatic heterocycles. The predicted molar refractivity (Wildman–Crippen MR) is 104 cm³/mol. The van der Waals surface area contributed by atoms with Crippen LogP contribution in [0.3, 0.4) is 0 Å². The van der Waals surface area contributed by atoms with Gasteiger partial charge in [0, 0.05) is 6.42 Å². The van der Waals surface area contributed by atoms with Crippen LogP contribution in [-0.2, 0) is 6.42 Å². The summed E-state index contributed by atoms with van der Waals surface area (Å²) < 4.78 is 20.3. The van der Waals surface area contributed by atoms with Gasteiger partial charge < -0.3 is 4.52 Å². The summed E-state index contributed by atoms with van der Waals surface area (Å²) in [5, 5.41) is 9.98. The Bertz CT molecular complexity index is 1080. The van der Waals surface area contributed by atoms with Crippen LogP contribution in [0.25, 0.3) is 16.7 Å². The van der Waals surface area contributed by atoms with E-state index in [4.69, 9.17) is 4.52 Å². The molecule has 0 amide bonds. The summed E-state index contributed by atoms with van der Waals surface area (Å²) in [5.74, 6) is 1.02. The van der Waals surface area contributed by atoms with E-state index in [-0.39, 0.29) is 11.1 Å². The molecule has 0 N–H and O–H groups in total. The molecule has 0 radical (unpaired) electrons. The Morgan fingerprint density at radius 2 is 2.04 bits per heavy atom. The molecule has 3 heterocycles. The zero-order chi connectivity index (χ0) is 19.5. The van der Waals surface area contributed by atoms with Crippen LogP contribution < -0.4 is 0 Å². The Morgan fingerprint density at radius 3 is 2.82 bits per heavy atom. The van der Waals surface area contributed by atoms with Gasteiger partial charge in [-0.25, -0.2) is 19.0 Å². The highest BCUT2D eigenvalue weighted by Crippen LogP contribution is 2.36. The van der Waals surface area contributed by atoms with Crippen LogP contribution in [0.15, 0.2) is 46.3 Å². The molecule has 7 nitrogen and oxygen atoms in total. The first-order valence-electron chi connectivity index (χ1n) is 9.09. The Kier molecular flexibility index (Phi) is 5.34. The molecule has 4 aromatic rings. The molecule has 0 fully saturated rings. The van der Waals surface area contributed by atoms with Crippen LogP contribution in [0.2, 0.25) is 0 Å². The Hall–Kier alpha value is -2.81. The van der Waals surface area contributed by atoms with E-state index in [1.807, 2.05) is 6.92 Å². The number of aryl methyl sites for hydroxylation is 1. The molecule has 0 unspecified atom stereocenters. The van der Waals surface area contributed by atoms with E-state index in [9.17, 15) is 4.39 Å². The molecule has 0 aliphatic heterocycles. The van der Waals surface area contributed by atoms with Gasteiger partial charge in [0.05, 0.1) is 22.5 Å². The lowest BCUT2D eigenvalue weighted by Crippen LogP contribution is -1.98. The molecule has 0 spiro atoms. The summed E-state index contributed by atoms with van der Waals surface area (Å²) in [7, 11) is 0. The van der Waals surface area contributed by atoms with Crippen molar-refractivity contribution < 1.29 is 8.91 Å². The Morgan fingerprint density at radius 1 is 1.21 bits per heavy atom. The number of hydrogen-bond acceptors (Lipinski definition) is 7. The molecule has 0 bridgehead atoms. The molecular formula is C19H19FN6OS. The number of benzene rings is 1. The molecule has 0 saturated heterocycles. The van der Waals surface area contributed by atoms with Crippen molar-refractivity contribution in [2.24, 2.45) is 0 Å². The molecule has 0 saturated carbocycles. The predicted octanol–water partition coefficient (Wildman–Crippen LogP) is 4.53. The largest absolute Gasteiger partial charge is 0.338 e. The molecule has 1 aromatic carbocycles. The van der Waals surface area contributed by atoms with Crippen molar-refractivity contribution in [3.63, 3.8) is 0 Å². The van der Waals surface area contributed by atoms with Gasteiger partial charge in [-0.15, -0.1) is 0 Å². The van der Waals surface area contributed by atoms with Gasteiger partial charge in [0.2, 0.25) is 5.89 Å². The number of rotatable bonds is 7. The lowest BCUT2D eigenvalue weighted by molar-refractivity contribution is 0.374. The van der Waals surface area contributed by atoms with Gasteiger partial charge in [-0.3, -0.25) is 0 Å². The molecule has 9 heteroatoms. The standard InChI is InChI=1S/C19H19FN6OS/c1-3-4-5-16-24-18(27-25-16)12(2)28-19-15-10-23-26(17(15)21-11-22-19)14-8-6-13(20)7-9-14/h6-12H,3-5H2,1-2H3/t12-/m0/s1. The van der Waals surface area contributed by atoms with Gasteiger partial charge >= 0.3 is 0 Å². The normalized spacial score (nSPS) is 12.5. The second-order valence-electron chi connectivity index (χ2n) is 6.36. The third-order valence-electron chi connectivity index (χ3n) is 4.27. The average molecular weight is 398 g/mol. The number of nitrogens with zero attached hydrogens (tertiary/aromatic N) is 6. The molecule has 0 aliphatic rings. The second-order valence-corrected chi connectivity index (χ2v) is 7.69. The number of halogens is 1. The number of unbranched alkanes of at least 4 members (excludes halogenated alkanes) is 1. The highest BCUT2D eigenvalue weighted by Gasteiger charge is 2.19. The van der Waals surface area contributed by atoms with E-state index in [0.29, 0.717) is 11.5 Å². The quantitative estimate of drug-likeness (QED) is 0.334. The number of fused-ring (bicyclic) bond motifs is 1. The van der Waals surface area contributed by atoms with Crippen molar-refractivity contribution in [2.75, 3.05) is 0 Å². The third-order valence-corrected chi connectivity index (χ3v) is 5.38. The van der Waals surface area contributed by atoms with Crippen molar-refractivity contribution in [2.45, 2.75) is 43.4 Å². The van der Waals surface area contributed by atoms with E-state index < -0.39 is 0 Å². The zero-order valence-electron chi connectivity index (χ0n) is 15.5. The highest BCUT2D eigenvalue weighted by atomic mass is 32.2. The summed E-state index contributed by atoms with van der Waals surface area (Å²) in [4.78, 5) is 13.2. The van der Waals surface area contributed by atoms with Gasteiger partial charge in [0.15, 0.2) is 11.5 Å². The summed E-state index contributed by atoms with van der Waals surface area (Å²) in [6.07, 6.45) is 6.16. The first-order valence-corrected chi connectivity index (χ1v) is 9.97. The van der Waals surface area contributed by atoms with Gasteiger partial charge in [-0.05, 0) is 37.6 Å². The van der Waals surface area contributed by atoms with E-state index in [1.54, 1.807) is 23.0 Å². The van der Waals surface area contributed by atoms with Crippen LogP contribution in [-0.4, -0.2) is 29.9 Å². The fourth-order valence-corrected chi connectivity index (χ4v) is 3.69. The number of aromatic nitrogens is 6. The fraction of sp³-hybridized carbons (Fsp3) is 0.316. The molecular weight excluding hydrogens is 379 g/mol. The zero-order valence-corrected chi connectivity index (χ0v) is 16.4. The molecule has 4 rings (SSSR count). The summed E-state index contributed by atoms with van der Waals surface area (Å²) in [5.41, 5.74) is 1.39. The first-order chi connectivity index (χ1) is 13.7. The SMILES string of the molecule is CCCCc1noc([C@H](C)Sc2ncnc3c2cnn3-c2ccc(F)cc2)n1.